The molecule has 0 amide bonds. The molecule has 3 nitrogen and oxygen atoms in total. The Labute approximate surface area is 139 Å². The Bertz CT molecular complexity index is 852. The van der Waals surface area contributed by atoms with Gasteiger partial charge in [0.05, 0.1) is 16.5 Å². The number of esters is 1. The average molecular weight is 333 g/mol. The number of benzene rings is 1. The van der Waals surface area contributed by atoms with Crippen LogP contribution in [0.1, 0.15) is 29.2 Å². The second-order valence-corrected chi connectivity index (χ2v) is 6.86. The van der Waals surface area contributed by atoms with Crippen molar-refractivity contribution in [2.24, 2.45) is 0 Å². The molecule has 0 saturated heterocycles. The molecular weight excluding hydrogens is 314 g/mol. The highest BCUT2D eigenvalue weighted by Crippen LogP contribution is 2.16. The van der Waals surface area contributed by atoms with E-state index >= 15 is 0 Å². The minimum atomic E-state index is -0.362. The summed E-state index contributed by atoms with van der Waals surface area (Å²) in [6.45, 7) is 8.41. The lowest BCUT2D eigenvalue weighted by molar-refractivity contribution is -0.135. The molecule has 5 heteroatoms. The van der Waals surface area contributed by atoms with Gasteiger partial charge < -0.3 is 9.72 Å². The maximum absolute atomic E-state index is 11.7. The van der Waals surface area contributed by atoms with Gasteiger partial charge in [-0.1, -0.05) is 17.7 Å². The van der Waals surface area contributed by atoms with E-state index in [4.69, 9.17) is 17.0 Å². The first-order valence-corrected chi connectivity index (χ1v) is 8.30. The topological polar surface area (TPSA) is 42.1 Å². The van der Waals surface area contributed by atoms with Crippen molar-refractivity contribution in [3.8, 4) is 0 Å². The molecule has 1 aromatic heterocycles. The van der Waals surface area contributed by atoms with Crippen LogP contribution in [0.3, 0.4) is 0 Å². The minimum Gasteiger partial charge on any atom is -0.463 e. The summed E-state index contributed by atoms with van der Waals surface area (Å²) >= 11 is 6.67. The third kappa shape index (κ3) is 3.93. The van der Waals surface area contributed by atoms with Crippen LogP contribution in [0.4, 0.5) is 0 Å². The van der Waals surface area contributed by atoms with Crippen LogP contribution in [0.5, 0.6) is 0 Å². The van der Waals surface area contributed by atoms with Gasteiger partial charge in [-0.25, -0.2) is 4.79 Å². The second-order valence-electron chi connectivity index (χ2n) is 5.15. The maximum Gasteiger partial charge on any atom is 0.332 e. The molecule has 1 aromatic carbocycles. The van der Waals surface area contributed by atoms with Crippen LogP contribution in [0.15, 0.2) is 12.1 Å². The molecule has 116 valence electrons. The fraction of sp³-hybridized carbons (Fsp3) is 0.294. The van der Waals surface area contributed by atoms with E-state index in [0.717, 1.165) is 10.1 Å². The first kappa shape index (κ1) is 16.6. The molecule has 0 aliphatic heterocycles. The van der Waals surface area contributed by atoms with Crippen LogP contribution in [-0.4, -0.2) is 17.6 Å². The van der Waals surface area contributed by atoms with Crippen LogP contribution < -0.4 is 9.88 Å². The van der Waals surface area contributed by atoms with Crippen LogP contribution >= 0.6 is 23.6 Å². The lowest BCUT2D eigenvalue weighted by atomic mass is 10.00. The predicted molar refractivity (Wildman–Crippen MR) is 94.1 cm³/mol. The van der Waals surface area contributed by atoms with E-state index < -0.39 is 0 Å². The number of carbonyl (C=O) groups is 1. The van der Waals surface area contributed by atoms with Crippen molar-refractivity contribution >= 4 is 41.7 Å². The van der Waals surface area contributed by atoms with Gasteiger partial charge in [-0.3, -0.25) is 0 Å². The van der Waals surface area contributed by atoms with Gasteiger partial charge in [0.2, 0.25) is 0 Å². The van der Waals surface area contributed by atoms with Gasteiger partial charge in [-0.2, -0.15) is 0 Å². The van der Waals surface area contributed by atoms with Gasteiger partial charge in [-0.15, -0.1) is 11.3 Å². The third-order valence-corrected chi connectivity index (χ3v) is 4.46. The SMILES string of the molecule is CCOC(=O)/C=c1\[nH]c(=S)s\c1=C/c1c(C)cc(C)cc1C. The van der Waals surface area contributed by atoms with E-state index in [9.17, 15) is 4.79 Å². The predicted octanol–water partition coefficient (Wildman–Crippen LogP) is 2.90. The highest BCUT2D eigenvalue weighted by atomic mass is 32.1. The molecule has 0 atom stereocenters. The first-order valence-electron chi connectivity index (χ1n) is 7.08. The molecule has 0 aliphatic rings. The van der Waals surface area contributed by atoms with E-state index in [1.807, 2.05) is 0 Å². The highest BCUT2D eigenvalue weighted by Gasteiger charge is 2.03. The molecule has 2 aromatic rings. The Morgan fingerprint density at radius 3 is 2.55 bits per heavy atom. The molecule has 1 heterocycles. The zero-order valence-corrected chi connectivity index (χ0v) is 14.8. The van der Waals surface area contributed by atoms with Crippen LogP contribution in [-0.2, 0) is 9.53 Å². The summed E-state index contributed by atoms with van der Waals surface area (Å²) in [6.07, 6.45) is 3.53. The smallest absolute Gasteiger partial charge is 0.332 e. The molecule has 0 unspecified atom stereocenters. The van der Waals surface area contributed by atoms with Crippen molar-refractivity contribution in [1.29, 1.82) is 0 Å². The molecule has 0 radical (unpaired) electrons. The van der Waals surface area contributed by atoms with E-state index in [-0.39, 0.29) is 5.97 Å². The van der Waals surface area contributed by atoms with Gasteiger partial charge in [0, 0.05) is 6.08 Å². The number of H-pyrrole nitrogens is 1. The number of ether oxygens (including phenoxy) is 1. The lowest BCUT2D eigenvalue weighted by Crippen LogP contribution is -2.23. The van der Waals surface area contributed by atoms with Crippen molar-refractivity contribution in [2.75, 3.05) is 6.61 Å². The van der Waals surface area contributed by atoms with Gasteiger partial charge in [-0.05, 0) is 62.7 Å². The molecule has 0 aliphatic carbocycles. The number of rotatable bonds is 3. The van der Waals surface area contributed by atoms with Gasteiger partial charge in [0.1, 0.15) is 0 Å². The van der Waals surface area contributed by atoms with E-state index in [1.165, 1.54) is 34.1 Å². The minimum absolute atomic E-state index is 0.357. The van der Waals surface area contributed by atoms with Crippen LogP contribution in [0.25, 0.3) is 12.2 Å². The third-order valence-electron chi connectivity index (χ3n) is 3.27. The lowest BCUT2D eigenvalue weighted by Gasteiger charge is -2.06. The van der Waals surface area contributed by atoms with Crippen molar-refractivity contribution in [1.82, 2.24) is 4.98 Å². The van der Waals surface area contributed by atoms with E-state index in [2.05, 4.69) is 44.0 Å². The van der Waals surface area contributed by atoms with Gasteiger partial charge in [0.25, 0.3) is 0 Å². The van der Waals surface area contributed by atoms with E-state index in [0.29, 0.717) is 15.9 Å². The number of nitrogens with one attached hydrogen (secondary N) is 1. The standard InChI is InChI=1S/C17H19NO2S2/c1-5-20-16(19)9-14-15(22-17(21)18-14)8-13-11(3)6-10(2)7-12(13)4/h6-9H,5H2,1-4H3,(H,18,21)/b14-9-,15-8-. The number of aryl methyl sites for hydroxylation is 3. The molecule has 0 saturated carbocycles. The molecule has 0 spiro atoms. The number of aromatic nitrogens is 1. The first-order chi connectivity index (χ1) is 10.4. The van der Waals surface area contributed by atoms with Gasteiger partial charge in [0.15, 0.2) is 3.95 Å². The van der Waals surface area contributed by atoms with Crippen LogP contribution in [0, 0.1) is 24.7 Å². The largest absolute Gasteiger partial charge is 0.463 e. The van der Waals surface area contributed by atoms with Crippen molar-refractivity contribution in [3.05, 3.63) is 48.2 Å². The Balaban J connectivity index is 2.64. The maximum atomic E-state index is 11.7. The Hall–Kier alpha value is -1.72. The fourth-order valence-electron chi connectivity index (χ4n) is 2.42. The van der Waals surface area contributed by atoms with Crippen LogP contribution in [0.2, 0.25) is 0 Å². The zero-order valence-electron chi connectivity index (χ0n) is 13.1. The van der Waals surface area contributed by atoms with Crippen molar-refractivity contribution in [3.63, 3.8) is 0 Å². The number of hydrogen-bond acceptors (Lipinski definition) is 4. The monoisotopic (exact) mass is 333 g/mol. The molecule has 0 fully saturated rings. The summed E-state index contributed by atoms with van der Waals surface area (Å²) in [6, 6.07) is 4.30. The molecule has 2 rings (SSSR count). The fourth-order valence-corrected chi connectivity index (χ4v) is 3.55. The Morgan fingerprint density at radius 1 is 1.32 bits per heavy atom. The van der Waals surface area contributed by atoms with Crippen molar-refractivity contribution < 1.29 is 9.53 Å². The Morgan fingerprint density at radius 2 is 1.95 bits per heavy atom. The van der Waals surface area contributed by atoms with Crippen molar-refractivity contribution in [2.45, 2.75) is 27.7 Å². The zero-order chi connectivity index (χ0) is 16.3. The highest BCUT2D eigenvalue weighted by molar-refractivity contribution is 7.73. The molecule has 0 bridgehead atoms. The van der Waals surface area contributed by atoms with Gasteiger partial charge >= 0.3 is 5.97 Å². The number of thiazole rings is 1. The molecular formula is C17H19NO2S2. The summed E-state index contributed by atoms with van der Waals surface area (Å²) in [4.78, 5) is 14.7. The number of hydrogen-bond donors (Lipinski definition) is 1. The normalized spacial score (nSPS) is 12.7. The second kappa shape index (κ2) is 7.03. The quantitative estimate of drug-likeness (QED) is 0.694. The molecule has 1 N–H and O–H groups in total. The molecule has 22 heavy (non-hydrogen) atoms. The summed E-state index contributed by atoms with van der Waals surface area (Å²) < 4.78 is 6.55. The summed E-state index contributed by atoms with van der Waals surface area (Å²) in [5.74, 6) is -0.362. The summed E-state index contributed by atoms with van der Waals surface area (Å²) in [5.41, 5.74) is 4.82. The van der Waals surface area contributed by atoms with E-state index in [1.54, 1.807) is 6.92 Å². The number of carbonyl (C=O) groups excluding carboxylic acids is 1. The number of aromatic amines is 1. The summed E-state index contributed by atoms with van der Waals surface area (Å²) in [7, 11) is 0. The Kier molecular flexibility index (Phi) is 5.32. The summed E-state index contributed by atoms with van der Waals surface area (Å²) in [5, 5.41) is 0.702. The average Bonchev–Trinajstić information content (AvgIpc) is 2.74.